The molecule has 0 N–H and O–H groups in total. The van der Waals surface area contributed by atoms with E-state index in [0.717, 1.165) is 10.6 Å². The monoisotopic (exact) mass is 262 g/mol. The van der Waals surface area contributed by atoms with Gasteiger partial charge >= 0.3 is 0 Å². The lowest BCUT2D eigenvalue weighted by molar-refractivity contribution is 0.323. The van der Waals surface area contributed by atoms with E-state index in [2.05, 4.69) is 0 Å². The molecule has 0 bridgehead atoms. The molecule has 0 radical (unpaired) electrons. The molecule has 0 spiro atoms. The van der Waals surface area contributed by atoms with Crippen LogP contribution in [0.3, 0.4) is 0 Å². The van der Waals surface area contributed by atoms with Crippen LogP contribution in [0.1, 0.15) is 0 Å². The van der Waals surface area contributed by atoms with Gasteiger partial charge in [-0.15, -0.1) is 23.4 Å². The van der Waals surface area contributed by atoms with E-state index in [-0.39, 0.29) is 0 Å². The number of methoxy groups -OCH3 is 3. The van der Waals surface area contributed by atoms with Gasteiger partial charge in [0.2, 0.25) is 5.75 Å². The van der Waals surface area contributed by atoms with Gasteiger partial charge in [-0.3, -0.25) is 0 Å². The third-order valence-electron chi connectivity index (χ3n) is 1.98. The smallest absolute Gasteiger partial charge is 0.203 e. The minimum Gasteiger partial charge on any atom is -0.493 e. The summed E-state index contributed by atoms with van der Waals surface area (Å²) in [4.78, 5) is 1.05. The Morgan fingerprint density at radius 1 is 1.06 bits per heavy atom. The van der Waals surface area contributed by atoms with E-state index in [9.17, 15) is 0 Å². The maximum Gasteiger partial charge on any atom is 0.203 e. The van der Waals surface area contributed by atoms with Crippen molar-refractivity contribution in [2.24, 2.45) is 0 Å². The van der Waals surface area contributed by atoms with Crippen LogP contribution in [0.2, 0.25) is 0 Å². The molecule has 0 fully saturated rings. The molecule has 1 rings (SSSR count). The van der Waals surface area contributed by atoms with E-state index < -0.39 is 0 Å². The summed E-state index contributed by atoms with van der Waals surface area (Å²) in [7, 11) is 4.80. The molecule has 90 valence electrons. The molecule has 16 heavy (non-hydrogen) atoms. The highest BCUT2D eigenvalue weighted by molar-refractivity contribution is 7.99. The van der Waals surface area contributed by atoms with Crippen LogP contribution in [0, 0.1) is 0 Å². The topological polar surface area (TPSA) is 27.7 Å². The summed E-state index contributed by atoms with van der Waals surface area (Å²) in [5, 5.41) is 0. The number of ether oxygens (including phenoxy) is 3. The summed E-state index contributed by atoms with van der Waals surface area (Å²) in [6, 6.07) is 3.83. The molecule has 0 amide bonds. The maximum absolute atomic E-state index is 5.65. The summed E-state index contributed by atoms with van der Waals surface area (Å²) in [5.41, 5.74) is 0. The van der Waals surface area contributed by atoms with Gasteiger partial charge in [0.05, 0.1) is 21.3 Å². The van der Waals surface area contributed by atoms with Gasteiger partial charge in [0.1, 0.15) is 0 Å². The Balaban J connectivity index is 3.05. The van der Waals surface area contributed by atoms with E-state index in [1.807, 2.05) is 12.1 Å². The Morgan fingerprint density at radius 2 is 1.62 bits per heavy atom. The lowest BCUT2D eigenvalue weighted by atomic mass is 10.3. The molecule has 0 unspecified atom stereocenters. The summed E-state index contributed by atoms with van der Waals surface area (Å²) < 4.78 is 15.7. The van der Waals surface area contributed by atoms with Crippen molar-refractivity contribution in [1.82, 2.24) is 0 Å². The number of halogens is 1. The molecule has 0 aliphatic rings. The average molecular weight is 263 g/mol. The van der Waals surface area contributed by atoms with Gasteiger partial charge in [0, 0.05) is 16.5 Å². The zero-order valence-electron chi connectivity index (χ0n) is 9.58. The Hall–Kier alpha value is -0.740. The molecule has 1 aromatic carbocycles. The van der Waals surface area contributed by atoms with Crippen molar-refractivity contribution in [3.63, 3.8) is 0 Å². The van der Waals surface area contributed by atoms with E-state index in [4.69, 9.17) is 25.8 Å². The molecule has 1 aromatic rings. The van der Waals surface area contributed by atoms with Crippen molar-refractivity contribution >= 4 is 23.4 Å². The summed E-state index contributed by atoms with van der Waals surface area (Å²) in [5.74, 6) is 3.40. The first-order valence-electron chi connectivity index (χ1n) is 4.75. The molecule has 0 atom stereocenters. The Bertz CT molecular complexity index is 319. The fourth-order valence-electron chi connectivity index (χ4n) is 1.30. The molecular formula is C11H15ClO3S. The molecule has 0 saturated heterocycles. The largest absolute Gasteiger partial charge is 0.493 e. The van der Waals surface area contributed by atoms with Gasteiger partial charge < -0.3 is 14.2 Å². The first-order valence-corrected chi connectivity index (χ1v) is 6.27. The Kier molecular flexibility index (Phi) is 5.63. The van der Waals surface area contributed by atoms with Gasteiger partial charge in [-0.2, -0.15) is 0 Å². The average Bonchev–Trinajstić information content (AvgIpc) is 2.34. The van der Waals surface area contributed by atoms with Crippen LogP contribution in [-0.4, -0.2) is 33.0 Å². The number of thioether (sulfide) groups is 1. The third kappa shape index (κ3) is 3.12. The SMILES string of the molecule is COc1cc(SCCCl)cc(OC)c1OC. The predicted molar refractivity (Wildman–Crippen MR) is 67.5 cm³/mol. The number of benzene rings is 1. The van der Waals surface area contributed by atoms with E-state index in [1.165, 1.54) is 0 Å². The van der Waals surface area contributed by atoms with Crippen molar-refractivity contribution in [3.8, 4) is 17.2 Å². The Morgan fingerprint density at radius 3 is 2.00 bits per heavy atom. The highest BCUT2D eigenvalue weighted by Crippen LogP contribution is 2.40. The highest BCUT2D eigenvalue weighted by atomic mass is 35.5. The van der Waals surface area contributed by atoms with Crippen LogP contribution in [0.5, 0.6) is 17.2 Å². The molecule has 3 nitrogen and oxygen atoms in total. The van der Waals surface area contributed by atoms with E-state index in [1.54, 1.807) is 33.1 Å². The second kappa shape index (κ2) is 6.76. The van der Waals surface area contributed by atoms with E-state index in [0.29, 0.717) is 23.1 Å². The zero-order valence-corrected chi connectivity index (χ0v) is 11.2. The third-order valence-corrected chi connectivity index (χ3v) is 3.37. The molecule has 5 heteroatoms. The molecule has 0 aromatic heterocycles. The minimum atomic E-state index is 0.611. The van der Waals surface area contributed by atoms with Crippen LogP contribution in [0.4, 0.5) is 0 Å². The van der Waals surface area contributed by atoms with Crippen LogP contribution in [0.25, 0.3) is 0 Å². The van der Waals surface area contributed by atoms with Gasteiger partial charge in [-0.05, 0) is 12.1 Å². The second-order valence-corrected chi connectivity index (χ2v) is 4.44. The molecule has 0 heterocycles. The van der Waals surface area contributed by atoms with Crippen LogP contribution in [-0.2, 0) is 0 Å². The van der Waals surface area contributed by atoms with Crippen LogP contribution in [0.15, 0.2) is 17.0 Å². The normalized spacial score (nSPS) is 10.0. The minimum absolute atomic E-state index is 0.611. The number of alkyl halides is 1. The number of rotatable bonds is 6. The van der Waals surface area contributed by atoms with Crippen molar-refractivity contribution in [2.75, 3.05) is 33.0 Å². The first kappa shape index (κ1) is 13.3. The first-order chi connectivity index (χ1) is 7.76. The van der Waals surface area contributed by atoms with Crippen molar-refractivity contribution in [2.45, 2.75) is 4.90 Å². The Labute approximate surface area is 105 Å². The quantitative estimate of drug-likeness (QED) is 0.582. The van der Waals surface area contributed by atoms with Crippen molar-refractivity contribution < 1.29 is 14.2 Å². The second-order valence-electron chi connectivity index (χ2n) is 2.90. The highest BCUT2D eigenvalue weighted by Gasteiger charge is 2.12. The summed E-state index contributed by atoms with van der Waals surface area (Å²) in [6.07, 6.45) is 0. The van der Waals surface area contributed by atoms with Gasteiger partial charge in [-0.1, -0.05) is 0 Å². The van der Waals surface area contributed by atoms with Gasteiger partial charge in [-0.25, -0.2) is 0 Å². The van der Waals surface area contributed by atoms with Crippen molar-refractivity contribution in [1.29, 1.82) is 0 Å². The number of hydrogen-bond acceptors (Lipinski definition) is 4. The number of hydrogen-bond donors (Lipinski definition) is 0. The summed E-state index contributed by atoms with van der Waals surface area (Å²) >= 11 is 7.30. The molecule has 0 aliphatic heterocycles. The zero-order chi connectivity index (χ0) is 12.0. The molecule has 0 saturated carbocycles. The lowest BCUT2D eigenvalue weighted by Gasteiger charge is -2.13. The maximum atomic E-state index is 5.65. The standard InChI is InChI=1S/C11H15ClO3S/c1-13-9-6-8(16-5-4-12)7-10(14-2)11(9)15-3/h6-7H,4-5H2,1-3H3. The molecular weight excluding hydrogens is 248 g/mol. The summed E-state index contributed by atoms with van der Waals surface area (Å²) in [6.45, 7) is 0. The van der Waals surface area contributed by atoms with Crippen molar-refractivity contribution in [3.05, 3.63) is 12.1 Å². The fourth-order valence-corrected chi connectivity index (χ4v) is 2.22. The van der Waals surface area contributed by atoms with Gasteiger partial charge in [0.15, 0.2) is 11.5 Å². The van der Waals surface area contributed by atoms with Crippen LogP contribution >= 0.6 is 23.4 Å². The lowest BCUT2D eigenvalue weighted by Crippen LogP contribution is -1.95. The van der Waals surface area contributed by atoms with Crippen LogP contribution < -0.4 is 14.2 Å². The predicted octanol–water partition coefficient (Wildman–Crippen LogP) is 3.04. The fraction of sp³-hybridized carbons (Fsp3) is 0.455. The molecule has 0 aliphatic carbocycles. The van der Waals surface area contributed by atoms with E-state index >= 15 is 0 Å². The van der Waals surface area contributed by atoms with Gasteiger partial charge in [0.25, 0.3) is 0 Å².